The molecule has 2 aromatic heterocycles. The number of aromatic nitrogens is 2. The van der Waals surface area contributed by atoms with Crippen LogP contribution < -0.4 is 16.6 Å². The Morgan fingerprint density at radius 2 is 2.39 bits per heavy atom. The molecule has 23 heavy (non-hydrogen) atoms. The van der Waals surface area contributed by atoms with Crippen LogP contribution in [0.4, 0.5) is 5.69 Å². The van der Waals surface area contributed by atoms with Crippen LogP contribution in [0.15, 0.2) is 33.7 Å². The third kappa shape index (κ3) is 3.59. The first-order valence-corrected chi connectivity index (χ1v) is 7.43. The minimum Gasteiger partial charge on any atom is -0.463 e. The third-order valence-corrected chi connectivity index (χ3v) is 3.62. The summed E-state index contributed by atoms with van der Waals surface area (Å²) < 4.78 is 11.7. The zero-order valence-corrected chi connectivity index (χ0v) is 12.5. The van der Waals surface area contributed by atoms with Crippen LogP contribution in [0.2, 0.25) is 0 Å². The van der Waals surface area contributed by atoms with Gasteiger partial charge < -0.3 is 20.2 Å². The summed E-state index contributed by atoms with van der Waals surface area (Å²) in [4.78, 5) is 24.0. The Balaban J connectivity index is 1.71. The molecule has 1 fully saturated rings. The van der Waals surface area contributed by atoms with Gasteiger partial charge in [-0.2, -0.15) is 5.10 Å². The van der Waals surface area contributed by atoms with Gasteiger partial charge in [-0.1, -0.05) is 0 Å². The number of nitrogen functional groups attached to an aromatic ring is 1. The molecule has 3 N–H and O–H groups in total. The zero-order valence-electron chi connectivity index (χ0n) is 12.5. The monoisotopic (exact) mass is 318 g/mol. The van der Waals surface area contributed by atoms with Gasteiger partial charge in [0.1, 0.15) is 17.9 Å². The second-order valence-electron chi connectivity index (χ2n) is 5.36. The molecule has 1 unspecified atom stereocenters. The normalized spacial score (nSPS) is 17.3. The molecule has 0 aliphatic carbocycles. The van der Waals surface area contributed by atoms with Gasteiger partial charge in [-0.15, -0.1) is 0 Å². The van der Waals surface area contributed by atoms with Gasteiger partial charge in [0.2, 0.25) is 5.91 Å². The predicted octanol–water partition coefficient (Wildman–Crippen LogP) is 0.381. The Morgan fingerprint density at radius 1 is 1.52 bits per heavy atom. The maximum absolute atomic E-state index is 12.0. The molecule has 8 nitrogen and oxygen atoms in total. The highest BCUT2D eigenvalue weighted by atomic mass is 16.5. The Morgan fingerprint density at radius 3 is 3.09 bits per heavy atom. The largest absolute Gasteiger partial charge is 0.463 e. The van der Waals surface area contributed by atoms with Crippen molar-refractivity contribution in [2.24, 2.45) is 0 Å². The summed E-state index contributed by atoms with van der Waals surface area (Å²) in [5, 5.41) is 6.88. The van der Waals surface area contributed by atoms with Crippen molar-refractivity contribution in [1.29, 1.82) is 0 Å². The van der Waals surface area contributed by atoms with E-state index in [2.05, 4.69) is 10.4 Å². The molecule has 1 amide bonds. The lowest BCUT2D eigenvalue weighted by Crippen LogP contribution is -2.37. The van der Waals surface area contributed by atoms with Gasteiger partial charge in [-0.3, -0.25) is 9.59 Å². The van der Waals surface area contributed by atoms with Crippen molar-refractivity contribution in [1.82, 2.24) is 15.1 Å². The number of carbonyl (C=O) groups excluding carboxylic acids is 1. The average Bonchev–Trinajstić information content (AvgIpc) is 3.22. The lowest BCUT2D eigenvalue weighted by molar-refractivity contribution is -0.122. The number of nitrogens with one attached hydrogen (secondary N) is 1. The van der Waals surface area contributed by atoms with Gasteiger partial charge in [0.05, 0.1) is 12.4 Å². The second kappa shape index (κ2) is 6.66. The van der Waals surface area contributed by atoms with Crippen molar-refractivity contribution < 1.29 is 13.9 Å². The number of anilines is 1. The number of nitrogens with two attached hydrogens (primary N) is 1. The van der Waals surface area contributed by atoms with Crippen molar-refractivity contribution in [2.75, 3.05) is 18.9 Å². The summed E-state index contributed by atoms with van der Waals surface area (Å²) in [6.45, 7) is 0.953. The van der Waals surface area contributed by atoms with Crippen LogP contribution >= 0.6 is 0 Å². The molecule has 1 aliphatic heterocycles. The van der Waals surface area contributed by atoms with E-state index in [-0.39, 0.29) is 24.2 Å². The predicted molar refractivity (Wildman–Crippen MR) is 82.6 cm³/mol. The van der Waals surface area contributed by atoms with Gasteiger partial charge in [0.15, 0.2) is 5.76 Å². The van der Waals surface area contributed by atoms with Crippen LogP contribution in [0.5, 0.6) is 0 Å². The number of nitrogens with zero attached hydrogens (tertiary/aromatic N) is 2. The highest BCUT2D eigenvalue weighted by molar-refractivity contribution is 5.75. The molecule has 1 saturated heterocycles. The third-order valence-electron chi connectivity index (χ3n) is 3.62. The van der Waals surface area contributed by atoms with Crippen LogP contribution in [0.3, 0.4) is 0 Å². The molecule has 3 heterocycles. The van der Waals surface area contributed by atoms with Crippen molar-refractivity contribution >= 4 is 11.6 Å². The van der Waals surface area contributed by atoms with Crippen molar-refractivity contribution in [3.8, 4) is 11.5 Å². The number of rotatable bonds is 5. The summed E-state index contributed by atoms with van der Waals surface area (Å²) in [5.74, 6) is 0.163. The van der Waals surface area contributed by atoms with E-state index in [4.69, 9.17) is 14.9 Å². The van der Waals surface area contributed by atoms with Gasteiger partial charge in [-0.05, 0) is 31.0 Å². The first-order chi connectivity index (χ1) is 11.1. The molecule has 0 spiro atoms. The number of hydrogen-bond donors (Lipinski definition) is 2. The summed E-state index contributed by atoms with van der Waals surface area (Å²) in [5.41, 5.74) is 5.62. The molecular formula is C15H18N4O4. The quantitative estimate of drug-likeness (QED) is 0.824. The zero-order chi connectivity index (χ0) is 16.2. The fourth-order valence-electron chi connectivity index (χ4n) is 2.44. The molecule has 8 heteroatoms. The second-order valence-corrected chi connectivity index (χ2v) is 5.36. The molecule has 0 bridgehead atoms. The highest BCUT2D eigenvalue weighted by Crippen LogP contribution is 2.17. The minimum atomic E-state index is -0.507. The van der Waals surface area contributed by atoms with Crippen LogP contribution in [-0.2, 0) is 16.1 Å². The van der Waals surface area contributed by atoms with E-state index in [1.807, 2.05) is 0 Å². The van der Waals surface area contributed by atoms with E-state index in [1.165, 1.54) is 12.3 Å². The van der Waals surface area contributed by atoms with Crippen molar-refractivity contribution in [3.63, 3.8) is 0 Å². The van der Waals surface area contributed by atoms with Gasteiger partial charge in [-0.25, -0.2) is 4.68 Å². The number of ether oxygens (including phenoxy) is 1. The smallest absolute Gasteiger partial charge is 0.290 e. The SMILES string of the molecule is Nc1cc(-c2ccco2)nn(CC(=O)NCC2CCCO2)c1=O. The Kier molecular flexibility index (Phi) is 4.42. The number of amides is 1. The fourth-order valence-corrected chi connectivity index (χ4v) is 2.44. The van der Waals surface area contributed by atoms with E-state index in [1.54, 1.807) is 12.1 Å². The minimum absolute atomic E-state index is 0.0123. The molecular weight excluding hydrogens is 300 g/mol. The summed E-state index contributed by atoms with van der Waals surface area (Å²) in [6.07, 6.45) is 3.47. The van der Waals surface area contributed by atoms with Crippen LogP contribution in [0.1, 0.15) is 12.8 Å². The Labute approximate surface area is 132 Å². The molecule has 1 aliphatic rings. The highest BCUT2D eigenvalue weighted by Gasteiger charge is 2.17. The molecule has 122 valence electrons. The molecule has 2 aromatic rings. The molecule has 0 aromatic carbocycles. The number of carbonyl (C=O) groups is 1. The van der Waals surface area contributed by atoms with Gasteiger partial charge in [0, 0.05) is 13.2 Å². The summed E-state index contributed by atoms with van der Waals surface area (Å²) >= 11 is 0. The lowest BCUT2D eigenvalue weighted by Gasteiger charge is -2.11. The van der Waals surface area contributed by atoms with E-state index >= 15 is 0 Å². The maximum atomic E-state index is 12.0. The summed E-state index contributed by atoms with van der Waals surface area (Å²) in [6, 6.07) is 4.84. The van der Waals surface area contributed by atoms with Crippen molar-refractivity contribution in [3.05, 3.63) is 34.8 Å². The maximum Gasteiger partial charge on any atom is 0.290 e. The topological polar surface area (TPSA) is 112 Å². The Bertz CT molecular complexity index is 732. The fraction of sp³-hybridized carbons (Fsp3) is 0.400. The Hall–Kier alpha value is -2.61. The molecule has 1 atom stereocenters. The lowest BCUT2D eigenvalue weighted by atomic mass is 10.2. The first-order valence-electron chi connectivity index (χ1n) is 7.43. The van der Waals surface area contributed by atoms with E-state index in [9.17, 15) is 9.59 Å². The molecule has 0 saturated carbocycles. The first kappa shape index (κ1) is 15.3. The summed E-state index contributed by atoms with van der Waals surface area (Å²) in [7, 11) is 0. The van der Waals surface area contributed by atoms with Crippen LogP contribution in [0, 0.1) is 0 Å². The van der Waals surface area contributed by atoms with Crippen LogP contribution in [0.25, 0.3) is 11.5 Å². The van der Waals surface area contributed by atoms with E-state index < -0.39 is 5.56 Å². The van der Waals surface area contributed by atoms with Crippen molar-refractivity contribution in [2.45, 2.75) is 25.5 Å². The standard InChI is InChI=1S/C15H18N4O4/c16-11-7-12(13-4-2-6-23-13)18-19(15(11)21)9-14(20)17-8-10-3-1-5-22-10/h2,4,6-7,10H,1,3,5,8-9,16H2,(H,17,20). The average molecular weight is 318 g/mol. The van der Waals surface area contributed by atoms with Crippen LogP contribution in [-0.4, -0.2) is 34.9 Å². The van der Waals surface area contributed by atoms with Gasteiger partial charge in [0.25, 0.3) is 5.56 Å². The van der Waals surface area contributed by atoms with E-state index in [0.717, 1.165) is 24.1 Å². The number of hydrogen-bond acceptors (Lipinski definition) is 6. The molecule has 0 radical (unpaired) electrons. The number of furan rings is 1. The molecule has 3 rings (SSSR count). The van der Waals surface area contributed by atoms with E-state index in [0.29, 0.717) is 18.0 Å². The van der Waals surface area contributed by atoms with Gasteiger partial charge >= 0.3 is 0 Å².